The van der Waals surface area contributed by atoms with Crippen LogP contribution < -0.4 is 14.8 Å². The normalized spacial score (nSPS) is 13.5. The first kappa shape index (κ1) is 18.4. The molecule has 1 aliphatic heterocycles. The van der Waals surface area contributed by atoms with E-state index in [1.165, 1.54) is 11.8 Å². The minimum absolute atomic E-state index is 0.0771. The summed E-state index contributed by atoms with van der Waals surface area (Å²) in [5.74, 6) is 2.84. The Morgan fingerprint density at radius 3 is 2.89 bits per heavy atom. The number of fused-ring (bicyclic) bond motifs is 1. The van der Waals surface area contributed by atoms with E-state index in [9.17, 15) is 4.79 Å². The van der Waals surface area contributed by atoms with Gasteiger partial charge in [-0.3, -0.25) is 4.79 Å². The maximum Gasteiger partial charge on any atom is 0.233 e. The topological polar surface area (TPSA) is 91.4 Å². The summed E-state index contributed by atoms with van der Waals surface area (Å²) in [7, 11) is 1.88. The average molecular weight is 400 g/mol. The summed E-state index contributed by atoms with van der Waals surface area (Å²) >= 11 is 1.36. The van der Waals surface area contributed by atoms with Crippen LogP contribution in [0.3, 0.4) is 0 Å². The number of hydrogen-bond acceptors (Lipinski definition) is 7. The van der Waals surface area contributed by atoms with Gasteiger partial charge in [0.15, 0.2) is 22.5 Å². The van der Waals surface area contributed by atoms with Crippen LogP contribution in [0.1, 0.15) is 18.2 Å². The van der Waals surface area contributed by atoms with Gasteiger partial charge < -0.3 is 23.8 Å². The largest absolute Gasteiger partial charge is 0.469 e. The molecule has 28 heavy (non-hydrogen) atoms. The molecule has 0 spiro atoms. The molecular weight excluding hydrogens is 380 g/mol. The number of aryl methyl sites for hydroxylation is 1. The van der Waals surface area contributed by atoms with Gasteiger partial charge in [-0.25, -0.2) is 0 Å². The van der Waals surface area contributed by atoms with Gasteiger partial charge in [0.1, 0.15) is 5.76 Å². The Kier molecular flexibility index (Phi) is 4.99. The molecule has 0 radical (unpaired) electrons. The van der Waals surface area contributed by atoms with Crippen molar-refractivity contribution in [3.8, 4) is 22.9 Å². The predicted octanol–water partition coefficient (Wildman–Crippen LogP) is 2.91. The number of benzene rings is 1. The van der Waals surface area contributed by atoms with Crippen LogP contribution in [-0.4, -0.2) is 32.7 Å². The molecule has 1 amide bonds. The molecule has 0 bridgehead atoms. The number of carbonyl (C=O) groups is 1. The van der Waals surface area contributed by atoms with Crippen molar-refractivity contribution in [3.05, 3.63) is 41.9 Å². The highest BCUT2D eigenvalue weighted by atomic mass is 32.2. The minimum atomic E-state index is -0.324. The molecule has 3 heterocycles. The number of carbonyl (C=O) groups excluding carboxylic acids is 1. The van der Waals surface area contributed by atoms with Crippen molar-refractivity contribution in [2.75, 3.05) is 6.79 Å². The quantitative estimate of drug-likeness (QED) is 0.636. The molecule has 8 nitrogen and oxygen atoms in total. The number of hydrogen-bond donors (Lipinski definition) is 1. The molecule has 0 unspecified atom stereocenters. The molecule has 3 aromatic rings. The van der Waals surface area contributed by atoms with Crippen LogP contribution in [0, 0.1) is 6.92 Å². The lowest BCUT2D eigenvalue weighted by atomic mass is 10.2. The summed E-state index contributed by atoms with van der Waals surface area (Å²) < 4.78 is 17.9. The summed E-state index contributed by atoms with van der Waals surface area (Å²) in [6.45, 7) is 4.37. The van der Waals surface area contributed by atoms with E-state index in [-0.39, 0.29) is 18.0 Å². The Hall–Kier alpha value is -2.94. The number of amides is 1. The number of nitrogens with one attached hydrogen (secondary N) is 1. The Labute approximate surface area is 166 Å². The van der Waals surface area contributed by atoms with Gasteiger partial charge in [-0.15, -0.1) is 10.2 Å². The number of ether oxygens (including phenoxy) is 2. The Balaban J connectivity index is 1.37. The molecular formula is C19H20N4O4S. The summed E-state index contributed by atoms with van der Waals surface area (Å²) in [5.41, 5.74) is 1.84. The van der Waals surface area contributed by atoms with Gasteiger partial charge in [-0.2, -0.15) is 0 Å². The number of rotatable bonds is 6. The van der Waals surface area contributed by atoms with Crippen molar-refractivity contribution >= 4 is 17.7 Å². The van der Waals surface area contributed by atoms with Crippen LogP contribution in [-0.2, 0) is 18.4 Å². The van der Waals surface area contributed by atoms with Crippen molar-refractivity contribution < 1.29 is 18.7 Å². The molecule has 9 heteroatoms. The lowest BCUT2D eigenvalue weighted by molar-refractivity contribution is -0.120. The van der Waals surface area contributed by atoms with Crippen molar-refractivity contribution in [2.24, 2.45) is 7.05 Å². The van der Waals surface area contributed by atoms with E-state index in [1.54, 1.807) is 6.26 Å². The third kappa shape index (κ3) is 3.57. The number of aromatic nitrogens is 3. The van der Waals surface area contributed by atoms with Gasteiger partial charge in [0.2, 0.25) is 12.7 Å². The van der Waals surface area contributed by atoms with Crippen LogP contribution in [0.25, 0.3) is 11.4 Å². The highest BCUT2D eigenvalue weighted by Crippen LogP contribution is 2.32. The van der Waals surface area contributed by atoms with Crippen molar-refractivity contribution in [1.82, 2.24) is 20.1 Å². The highest BCUT2D eigenvalue weighted by molar-refractivity contribution is 8.00. The molecule has 1 N–H and O–H groups in total. The fraction of sp³-hybridized carbons (Fsp3) is 0.316. The van der Waals surface area contributed by atoms with Crippen LogP contribution >= 0.6 is 11.8 Å². The average Bonchev–Trinajstić information content (AvgIpc) is 3.40. The van der Waals surface area contributed by atoms with Gasteiger partial charge in [0.25, 0.3) is 0 Å². The fourth-order valence-electron chi connectivity index (χ4n) is 2.86. The minimum Gasteiger partial charge on any atom is -0.469 e. The third-order valence-electron chi connectivity index (χ3n) is 4.49. The zero-order valence-electron chi connectivity index (χ0n) is 15.8. The molecule has 0 saturated heterocycles. The molecule has 1 aliphatic rings. The summed E-state index contributed by atoms with van der Waals surface area (Å²) in [6.07, 6.45) is 1.62. The molecule has 0 saturated carbocycles. The third-order valence-corrected chi connectivity index (χ3v) is 5.62. The zero-order chi connectivity index (χ0) is 19.7. The van der Waals surface area contributed by atoms with E-state index in [0.717, 1.165) is 22.6 Å². The lowest BCUT2D eigenvalue weighted by Crippen LogP contribution is -2.30. The second-order valence-corrected chi connectivity index (χ2v) is 7.73. The van der Waals surface area contributed by atoms with Gasteiger partial charge in [0.05, 0.1) is 17.1 Å². The van der Waals surface area contributed by atoms with Crippen LogP contribution in [0.15, 0.2) is 40.1 Å². The second-order valence-electron chi connectivity index (χ2n) is 6.42. The van der Waals surface area contributed by atoms with E-state index in [4.69, 9.17) is 13.9 Å². The predicted molar refractivity (Wildman–Crippen MR) is 103 cm³/mol. The first-order chi connectivity index (χ1) is 13.5. The fourth-order valence-corrected chi connectivity index (χ4v) is 3.70. The molecule has 2 aromatic heterocycles. The monoisotopic (exact) mass is 400 g/mol. The van der Waals surface area contributed by atoms with E-state index in [2.05, 4.69) is 15.5 Å². The Bertz CT molecular complexity index is 1010. The zero-order valence-corrected chi connectivity index (χ0v) is 16.6. The van der Waals surface area contributed by atoms with Gasteiger partial charge in [0, 0.05) is 13.6 Å². The van der Waals surface area contributed by atoms with E-state index >= 15 is 0 Å². The summed E-state index contributed by atoms with van der Waals surface area (Å²) in [6, 6.07) is 7.49. The van der Waals surface area contributed by atoms with Crippen molar-refractivity contribution in [1.29, 1.82) is 0 Å². The molecule has 4 rings (SSSR count). The second kappa shape index (κ2) is 7.59. The smallest absolute Gasteiger partial charge is 0.233 e. The summed E-state index contributed by atoms with van der Waals surface area (Å²) in [4.78, 5) is 12.5. The number of nitrogens with zero attached hydrogens (tertiary/aromatic N) is 3. The van der Waals surface area contributed by atoms with Crippen LogP contribution in [0.2, 0.25) is 0 Å². The maximum absolute atomic E-state index is 12.5. The van der Waals surface area contributed by atoms with E-state index in [1.807, 2.05) is 49.7 Å². The summed E-state index contributed by atoms with van der Waals surface area (Å²) in [5, 5.41) is 11.7. The Morgan fingerprint density at radius 2 is 2.11 bits per heavy atom. The molecule has 146 valence electrons. The molecule has 0 aliphatic carbocycles. The number of thioether (sulfide) groups is 1. The van der Waals surface area contributed by atoms with Gasteiger partial charge >= 0.3 is 0 Å². The molecule has 1 aromatic carbocycles. The van der Waals surface area contributed by atoms with E-state index in [0.29, 0.717) is 23.3 Å². The maximum atomic E-state index is 12.5. The highest BCUT2D eigenvalue weighted by Gasteiger charge is 2.21. The standard InChI is InChI=1S/C19H20N4O4S/c1-11-14(6-7-25-11)17-21-22-19(23(17)3)28-12(2)18(24)20-9-13-4-5-15-16(8-13)27-10-26-15/h4-8,12H,9-10H2,1-3H3,(H,20,24)/t12-/m0/s1. The molecule has 0 fully saturated rings. The lowest BCUT2D eigenvalue weighted by Gasteiger charge is -2.12. The van der Waals surface area contributed by atoms with Gasteiger partial charge in [-0.1, -0.05) is 17.8 Å². The molecule has 1 atom stereocenters. The SMILES string of the molecule is Cc1occc1-c1nnc(S[C@@H](C)C(=O)NCc2ccc3c(c2)OCO3)n1C. The van der Waals surface area contributed by atoms with Crippen LogP contribution in [0.5, 0.6) is 11.5 Å². The first-order valence-electron chi connectivity index (χ1n) is 8.79. The van der Waals surface area contributed by atoms with Crippen molar-refractivity contribution in [3.63, 3.8) is 0 Å². The Morgan fingerprint density at radius 1 is 1.29 bits per heavy atom. The number of furan rings is 1. The van der Waals surface area contributed by atoms with Crippen molar-refractivity contribution in [2.45, 2.75) is 30.8 Å². The first-order valence-corrected chi connectivity index (χ1v) is 9.67. The van der Waals surface area contributed by atoms with Gasteiger partial charge in [-0.05, 0) is 37.6 Å². The van der Waals surface area contributed by atoms with Crippen LogP contribution in [0.4, 0.5) is 0 Å². The van der Waals surface area contributed by atoms with E-state index < -0.39 is 0 Å².